The van der Waals surface area contributed by atoms with Gasteiger partial charge in [-0.25, -0.2) is 0 Å². The van der Waals surface area contributed by atoms with Gasteiger partial charge in [0.15, 0.2) is 0 Å². The summed E-state index contributed by atoms with van der Waals surface area (Å²) in [7, 11) is 1.49. The van der Waals surface area contributed by atoms with Gasteiger partial charge < -0.3 is 9.47 Å². The largest absolute Gasteiger partial charge is 0.497 e. The molecule has 0 fully saturated rings. The van der Waals surface area contributed by atoms with Gasteiger partial charge in [-0.1, -0.05) is 0 Å². The fourth-order valence-electron chi connectivity index (χ4n) is 1.64. The van der Waals surface area contributed by atoms with E-state index in [2.05, 4.69) is 6.07 Å². The van der Waals surface area contributed by atoms with E-state index in [4.69, 9.17) is 14.7 Å². The van der Waals surface area contributed by atoms with Crippen LogP contribution in [0.25, 0.3) is 0 Å². The van der Waals surface area contributed by atoms with Gasteiger partial charge >= 0.3 is 5.69 Å². The summed E-state index contributed by atoms with van der Waals surface area (Å²) in [6.07, 6.45) is 1.32. The van der Waals surface area contributed by atoms with Crippen molar-refractivity contribution in [3.63, 3.8) is 0 Å². The van der Waals surface area contributed by atoms with Crippen LogP contribution < -0.4 is 9.47 Å². The molecule has 0 N–H and O–H groups in total. The van der Waals surface area contributed by atoms with Gasteiger partial charge in [0.2, 0.25) is 5.75 Å². The summed E-state index contributed by atoms with van der Waals surface area (Å²) >= 11 is 0. The Morgan fingerprint density at radius 2 is 2.15 bits per heavy atom. The Bertz CT molecular complexity index is 520. The highest BCUT2D eigenvalue weighted by atomic mass is 16.6. The van der Waals surface area contributed by atoms with E-state index in [9.17, 15) is 10.1 Å². The third-order valence-electron chi connectivity index (χ3n) is 2.87. The van der Waals surface area contributed by atoms with Gasteiger partial charge in [-0.05, 0) is 32.8 Å². The molecule has 0 aliphatic heterocycles. The topological polar surface area (TPSA) is 85.4 Å². The Morgan fingerprint density at radius 3 is 2.70 bits per heavy atom. The van der Waals surface area contributed by atoms with Gasteiger partial charge in [0.1, 0.15) is 5.75 Å². The predicted molar refractivity (Wildman–Crippen MR) is 73.8 cm³/mol. The number of ether oxygens (including phenoxy) is 2. The normalized spacial score (nSPS) is 10.7. The lowest BCUT2D eigenvalue weighted by atomic mass is 9.90. The quantitative estimate of drug-likeness (QED) is 0.434. The molecule has 0 atom stereocenters. The maximum absolute atomic E-state index is 10.9. The van der Waals surface area contributed by atoms with Crippen LogP contribution in [0.15, 0.2) is 18.2 Å². The number of hydrogen-bond donors (Lipinski definition) is 0. The zero-order chi connectivity index (χ0) is 15.2. The predicted octanol–water partition coefficient (Wildman–Crippen LogP) is 3.31. The van der Waals surface area contributed by atoms with Gasteiger partial charge in [-0.2, -0.15) is 5.26 Å². The molecule has 0 bridgehead atoms. The second-order valence-corrected chi connectivity index (χ2v) is 5.04. The standard InChI is InChI=1S/C14H18N2O4/c1-14(2,10-15)7-4-8-20-13-9-11(19-3)5-6-12(13)16(17)18/h5-6,9H,4,7-8H2,1-3H3. The molecule has 6 heteroatoms. The zero-order valence-corrected chi connectivity index (χ0v) is 11.9. The molecule has 0 saturated carbocycles. The van der Waals surface area contributed by atoms with Crippen LogP contribution in [-0.4, -0.2) is 18.6 Å². The fraction of sp³-hybridized carbons (Fsp3) is 0.500. The van der Waals surface area contributed by atoms with Gasteiger partial charge in [-0.15, -0.1) is 0 Å². The van der Waals surface area contributed by atoms with Crippen LogP contribution in [0.5, 0.6) is 11.5 Å². The Hall–Kier alpha value is -2.29. The van der Waals surface area contributed by atoms with Crippen molar-refractivity contribution in [2.45, 2.75) is 26.7 Å². The fourth-order valence-corrected chi connectivity index (χ4v) is 1.64. The lowest BCUT2D eigenvalue weighted by Crippen LogP contribution is -2.10. The van der Waals surface area contributed by atoms with E-state index in [0.717, 1.165) is 0 Å². The number of nitrogens with zero attached hydrogens (tertiary/aromatic N) is 2. The third kappa shape index (κ3) is 4.43. The molecule has 6 nitrogen and oxygen atoms in total. The number of nitriles is 1. The first-order valence-corrected chi connectivity index (χ1v) is 6.26. The van der Waals surface area contributed by atoms with E-state index in [-0.39, 0.29) is 11.4 Å². The summed E-state index contributed by atoms with van der Waals surface area (Å²) in [5, 5.41) is 19.8. The maximum atomic E-state index is 10.9. The number of rotatable bonds is 7. The summed E-state index contributed by atoms with van der Waals surface area (Å²) in [5.41, 5.74) is -0.505. The molecule has 20 heavy (non-hydrogen) atoms. The van der Waals surface area contributed by atoms with Crippen molar-refractivity contribution in [2.24, 2.45) is 5.41 Å². The highest BCUT2D eigenvalue weighted by molar-refractivity contribution is 5.50. The minimum atomic E-state index is -0.492. The van der Waals surface area contributed by atoms with E-state index < -0.39 is 10.3 Å². The van der Waals surface area contributed by atoms with Crippen LogP contribution in [0.1, 0.15) is 26.7 Å². The summed E-state index contributed by atoms with van der Waals surface area (Å²) in [4.78, 5) is 10.4. The molecule has 0 amide bonds. The van der Waals surface area contributed by atoms with Crippen LogP contribution >= 0.6 is 0 Å². The van der Waals surface area contributed by atoms with Crippen LogP contribution in [0, 0.1) is 26.9 Å². The molecular formula is C14H18N2O4. The number of methoxy groups -OCH3 is 1. The summed E-state index contributed by atoms with van der Waals surface area (Å²) < 4.78 is 10.5. The molecule has 0 unspecified atom stereocenters. The molecule has 108 valence electrons. The van der Waals surface area contributed by atoms with Crippen LogP contribution in [0.2, 0.25) is 0 Å². The van der Waals surface area contributed by atoms with Crippen LogP contribution in [0.3, 0.4) is 0 Å². The van der Waals surface area contributed by atoms with E-state index in [1.165, 1.54) is 25.3 Å². The summed E-state index contributed by atoms with van der Waals surface area (Å²) in [6.45, 7) is 4.01. The monoisotopic (exact) mass is 278 g/mol. The Labute approximate surface area is 118 Å². The van der Waals surface area contributed by atoms with Crippen LogP contribution in [-0.2, 0) is 0 Å². The molecule has 0 heterocycles. The minimum Gasteiger partial charge on any atom is -0.497 e. The second-order valence-electron chi connectivity index (χ2n) is 5.04. The first-order valence-electron chi connectivity index (χ1n) is 6.26. The number of benzene rings is 1. The molecule has 1 aromatic rings. The zero-order valence-electron chi connectivity index (χ0n) is 11.9. The van der Waals surface area contributed by atoms with E-state index >= 15 is 0 Å². The van der Waals surface area contributed by atoms with Crippen molar-refractivity contribution in [1.82, 2.24) is 0 Å². The number of hydrogen-bond acceptors (Lipinski definition) is 5. The van der Waals surface area contributed by atoms with Crippen molar-refractivity contribution in [2.75, 3.05) is 13.7 Å². The maximum Gasteiger partial charge on any atom is 0.311 e. The highest BCUT2D eigenvalue weighted by Gasteiger charge is 2.18. The van der Waals surface area contributed by atoms with Crippen LogP contribution in [0.4, 0.5) is 5.69 Å². The molecule has 0 radical (unpaired) electrons. The van der Waals surface area contributed by atoms with Gasteiger partial charge in [0.25, 0.3) is 0 Å². The summed E-state index contributed by atoms with van der Waals surface area (Å²) in [5.74, 6) is 0.687. The van der Waals surface area contributed by atoms with E-state index in [1.807, 2.05) is 13.8 Å². The Morgan fingerprint density at radius 1 is 1.45 bits per heavy atom. The first-order chi connectivity index (χ1) is 9.39. The van der Waals surface area contributed by atoms with Crippen molar-refractivity contribution in [3.8, 4) is 17.6 Å². The average molecular weight is 278 g/mol. The van der Waals surface area contributed by atoms with Crippen molar-refractivity contribution in [3.05, 3.63) is 28.3 Å². The number of nitro benzene ring substituents is 1. The molecule has 1 rings (SSSR count). The lowest BCUT2D eigenvalue weighted by molar-refractivity contribution is -0.385. The average Bonchev–Trinajstić information content (AvgIpc) is 2.43. The molecule has 0 aliphatic carbocycles. The van der Waals surface area contributed by atoms with E-state index in [0.29, 0.717) is 25.2 Å². The Balaban J connectivity index is 2.67. The Kier molecular flexibility index (Phi) is 5.32. The van der Waals surface area contributed by atoms with Gasteiger partial charge in [0.05, 0.1) is 30.1 Å². The molecule has 0 aliphatic rings. The molecule has 1 aromatic carbocycles. The number of nitro groups is 1. The summed E-state index contributed by atoms with van der Waals surface area (Å²) in [6, 6.07) is 6.57. The van der Waals surface area contributed by atoms with Gasteiger partial charge in [0, 0.05) is 12.1 Å². The molecule has 0 aromatic heterocycles. The molecule has 0 saturated heterocycles. The molecule has 0 spiro atoms. The highest BCUT2D eigenvalue weighted by Crippen LogP contribution is 2.31. The SMILES string of the molecule is COc1ccc([N+](=O)[O-])c(OCCCC(C)(C)C#N)c1. The minimum absolute atomic E-state index is 0.0923. The first kappa shape index (κ1) is 15.8. The van der Waals surface area contributed by atoms with E-state index in [1.54, 1.807) is 0 Å². The third-order valence-corrected chi connectivity index (χ3v) is 2.87. The van der Waals surface area contributed by atoms with Crippen molar-refractivity contribution in [1.29, 1.82) is 5.26 Å². The second kappa shape index (κ2) is 6.75. The molecular weight excluding hydrogens is 260 g/mol. The lowest BCUT2D eigenvalue weighted by Gasteiger charge is -2.14. The van der Waals surface area contributed by atoms with Gasteiger partial charge in [-0.3, -0.25) is 10.1 Å². The van der Waals surface area contributed by atoms with Crippen molar-refractivity contribution < 1.29 is 14.4 Å². The van der Waals surface area contributed by atoms with Crippen molar-refractivity contribution >= 4 is 5.69 Å². The smallest absolute Gasteiger partial charge is 0.311 e.